The Bertz CT molecular complexity index is 893. The van der Waals surface area contributed by atoms with Crippen LogP contribution in [-0.2, 0) is 11.2 Å². The summed E-state index contributed by atoms with van der Waals surface area (Å²) in [5.74, 6) is 0.334. The second-order valence-electron chi connectivity index (χ2n) is 7.27. The molecular weight excluding hydrogens is 376 g/mol. The number of aryl methyl sites for hydroxylation is 2. The Labute approximate surface area is 168 Å². The molecule has 2 aliphatic heterocycles. The molecular formula is C20H24N4O3S. The van der Waals surface area contributed by atoms with Gasteiger partial charge in [-0.2, -0.15) is 0 Å². The van der Waals surface area contributed by atoms with E-state index < -0.39 is 0 Å². The first-order valence-corrected chi connectivity index (χ1v) is 10.3. The van der Waals surface area contributed by atoms with Crippen LogP contribution in [0.3, 0.4) is 0 Å². The van der Waals surface area contributed by atoms with Crippen molar-refractivity contribution in [2.24, 2.45) is 0 Å². The summed E-state index contributed by atoms with van der Waals surface area (Å²) in [6.45, 7) is 5.39. The fourth-order valence-electron chi connectivity index (χ4n) is 4.20. The van der Waals surface area contributed by atoms with E-state index in [1.54, 1.807) is 29.7 Å². The first-order chi connectivity index (χ1) is 13.5. The lowest BCUT2D eigenvalue weighted by atomic mass is 10.1. The molecule has 4 rings (SSSR count). The predicted octanol–water partition coefficient (Wildman–Crippen LogP) is 2.22. The van der Waals surface area contributed by atoms with E-state index >= 15 is 0 Å². The maximum absolute atomic E-state index is 13.1. The van der Waals surface area contributed by atoms with Crippen LogP contribution in [0.15, 0.2) is 18.3 Å². The summed E-state index contributed by atoms with van der Waals surface area (Å²) < 4.78 is 5.24. The number of amides is 2. The van der Waals surface area contributed by atoms with Crippen LogP contribution < -0.4 is 4.74 Å². The van der Waals surface area contributed by atoms with Crippen LogP contribution in [0.4, 0.5) is 0 Å². The van der Waals surface area contributed by atoms with E-state index in [0.29, 0.717) is 31.0 Å². The minimum Gasteiger partial charge on any atom is -0.480 e. The molecule has 2 saturated heterocycles. The van der Waals surface area contributed by atoms with Crippen LogP contribution in [0, 0.1) is 13.8 Å². The van der Waals surface area contributed by atoms with Gasteiger partial charge in [-0.3, -0.25) is 9.59 Å². The Morgan fingerprint density at radius 2 is 2.18 bits per heavy atom. The lowest BCUT2D eigenvalue weighted by molar-refractivity contribution is -0.129. The minimum atomic E-state index is -0.113. The summed E-state index contributed by atoms with van der Waals surface area (Å²) in [7, 11) is 1.51. The Hall–Kier alpha value is -2.48. The van der Waals surface area contributed by atoms with Gasteiger partial charge in [0.15, 0.2) is 0 Å². The maximum Gasteiger partial charge on any atom is 0.259 e. The number of hydrogen-bond donors (Lipinski definition) is 0. The average Bonchev–Trinajstić information content (AvgIpc) is 3.33. The first-order valence-electron chi connectivity index (χ1n) is 9.52. The number of pyridine rings is 1. The molecule has 2 amide bonds. The van der Waals surface area contributed by atoms with E-state index in [2.05, 4.69) is 16.9 Å². The number of thiazole rings is 1. The Balaban J connectivity index is 1.47. The molecule has 2 aromatic rings. The zero-order chi connectivity index (χ0) is 19.8. The summed E-state index contributed by atoms with van der Waals surface area (Å²) in [4.78, 5) is 39.4. The standard InChI is InChI=1S/C20H24N4O3S/c1-12-13(2)28-17(22-12)7-10-23-15-6-9-24(16(15)11-18(23)25)20(26)14-5-4-8-21-19(14)27-3/h4-5,8,15-16H,6-7,9-11H2,1-3H3/t15-,16-/m0/s1. The van der Waals surface area contributed by atoms with Gasteiger partial charge in [-0.15, -0.1) is 11.3 Å². The maximum atomic E-state index is 13.1. The molecule has 28 heavy (non-hydrogen) atoms. The van der Waals surface area contributed by atoms with Crippen LogP contribution in [0.2, 0.25) is 0 Å². The van der Waals surface area contributed by atoms with Crippen molar-refractivity contribution >= 4 is 23.2 Å². The van der Waals surface area contributed by atoms with E-state index in [-0.39, 0.29) is 23.9 Å². The number of nitrogens with zero attached hydrogens (tertiary/aromatic N) is 4. The van der Waals surface area contributed by atoms with Crippen molar-refractivity contribution in [2.45, 2.75) is 45.2 Å². The Morgan fingerprint density at radius 3 is 2.89 bits per heavy atom. The highest BCUT2D eigenvalue weighted by Gasteiger charge is 2.48. The van der Waals surface area contributed by atoms with E-state index in [1.807, 2.05) is 16.7 Å². The molecule has 2 aromatic heterocycles. The number of aromatic nitrogens is 2. The average molecular weight is 401 g/mol. The molecule has 2 aliphatic rings. The number of carbonyl (C=O) groups is 2. The smallest absolute Gasteiger partial charge is 0.259 e. The van der Waals surface area contributed by atoms with Crippen LogP contribution in [-0.4, -0.2) is 63.9 Å². The molecule has 0 aromatic carbocycles. The normalized spacial score (nSPS) is 21.3. The fourth-order valence-corrected chi connectivity index (χ4v) is 5.13. The highest BCUT2D eigenvalue weighted by molar-refractivity contribution is 7.11. The summed E-state index contributed by atoms with van der Waals surface area (Å²) in [6.07, 6.45) is 3.56. The molecule has 0 unspecified atom stereocenters. The van der Waals surface area contributed by atoms with Crippen molar-refractivity contribution in [3.05, 3.63) is 39.5 Å². The number of rotatable bonds is 5. The second-order valence-corrected chi connectivity index (χ2v) is 8.56. The van der Waals surface area contributed by atoms with Crippen molar-refractivity contribution in [3.8, 4) is 5.88 Å². The molecule has 0 radical (unpaired) electrons. The van der Waals surface area contributed by atoms with Crippen LogP contribution in [0.25, 0.3) is 0 Å². The molecule has 8 heteroatoms. The van der Waals surface area contributed by atoms with Gasteiger partial charge >= 0.3 is 0 Å². The highest BCUT2D eigenvalue weighted by atomic mass is 32.1. The topological polar surface area (TPSA) is 75.6 Å². The number of hydrogen-bond acceptors (Lipinski definition) is 6. The predicted molar refractivity (Wildman–Crippen MR) is 106 cm³/mol. The number of likely N-dealkylation sites (tertiary alicyclic amines) is 2. The minimum absolute atomic E-state index is 0.0790. The van der Waals surface area contributed by atoms with Gasteiger partial charge in [0.2, 0.25) is 11.8 Å². The van der Waals surface area contributed by atoms with Crippen molar-refractivity contribution < 1.29 is 14.3 Å². The Morgan fingerprint density at radius 1 is 1.36 bits per heavy atom. The molecule has 2 fully saturated rings. The summed E-state index contributed by atoms with van der Waals surface area (Å²) in [6, 6.07) is 3.46. The zero-order valence-electron chi connectivity index (χ0n) is 16.3. The molecule has 4 heterocycles. The van der Waals surface area contributed by atoms with E-state index in [0.717, 1.165) is 23.5 Å². The first kappa shape index (κ1) is 18.9. The van der Waals surface area contributed by atoms with Gasteiger partial charge in [0.1, 0.15) is 5.56 Å². The number of methoxy groups -OCH3 is 1. The molecule has 0 aliphatic carbocycles. The van der Waals surface area contributed by atoms with Gasteiger partial charge in [-0.1, -0.05) is 0 Å². The summed E-state index contributed by atoms with van der Waals surface area (Å²) in [5, 5.41) is 1.07. The van der Waals surface area contributed by atoms with Crippen LogP contribution in [0.5, 0.6) is 5.88 Å². The highest BCUT2D eigenvalue weighted by Crippen LogP contribution is 2.34. The van der Waals surface area contributed by atoms with Gasteiger partial charge in [0, 0.05) is 37.0 Å². The number of carbonyl (C=O) groups excluding carboxylic acids is 2. The summed E-state index contributed by atoms with van der Waals surface area (Å²) >= 11 is 1.70. The van der Waals surface area contributed by atoms with Crippen LogP contribution >= 0.6 is 11.3 Å². The van der Waals surface area contributed by atoms with E-state index in [1.165, 1.54) is 12.0 Å². The van der Waals surface area contributed by atoms with Crippen molar-refractivity contribution in [2.75, 3.05) is 20.2 Å². The fraction of sp³-hybridized carbons (Fsp3) is 0.500. The SMILES string of the molecule is COc1ncccc1C(=O)N1CC[C@H]2[C@@H]1CC(=O)N2CCc1nc(C)c(C)s1. The van der Waals surface area contributed by atoms with Gasteiger partial charge in [-0.25, -0.2) is 9.97 Å². The van der Waals surface area contributed by atoms with Crippen molar-refractivity contribution in [1.29, 1.82) is 0 Å². The van der Waals surface area contributed by atoms with Crippen molar-refractivity contribution in [3.63, 3.8) is 0 Å². The molecule has 148 valence electrons. The van der Waals surface area contributed by atoms with Gasteiger partial charge in [-0.05, 0) is 32.4 Å². The van der Waals surface area contributed by atoms with E-state index in [4.69, 9.17) is 4.74 Å². The van der Waals surface area contributed by atoms with Crippen LogP contribution in [0.1, 0.15) is 38.8 Å². The summed E-state index contributed by atoms with van der Waals surface area (Å²) in [5.41, 5.74) is 1.51. The quantitative estimate of drug-likeness (QED) is 0.769. The molecule has 0 bridgehead atoms. The molecule has 0 spiro atoms. The molecule has 2 atom stereocenters. The molecule has 0 N–H and O–H groups in total. The lowest BCUT2D eigenvalue weighted by Crippen LogP contribution is -2.40. The third-order valence-corrected chi connectivity index (χ3v) is 6.84. The van der Waals surface area contributed by atoms with E-state index in [9.17, 15) is 9.59 Å². The lowest BCUT2D eigenvalue weighted by Gasteiger charge is -2.25. The Kier molecular flexibility index (Phi) is 5.05. The molecule has 0 saturated carbocycles. The molecule has 7 nitrogen and oxygen atoms in total. The zero-order valence-corrected chi connectivity index (χ0v) is 17.2. The second kappa shape index (κ2) is 7.50. The number of fused-ring (bicyclic) bond motifs is 1. The van der Waals surface area contributed by atoms with Gasteiger partial charge in [0.05, 0.1) is 29.9 Å². The van der Waals surface area contributed by atoms with Gasteiger partial charge < -0.3 is 14.5 Å². The van der Waals surface area contributed by atoms with Gasteiger partial charge in [0.25, 0.3) is 5.91 Å². The van der Waals surface area contributed by atoms with Crippen molar-refractivity contribution in [1.82, 2.24) is 19.8 Å². The third-order valence-electron chi connectivity index (χ3n) is 5.71. The monoisotopic (exact) mass is 400 g/mol. The number of ether oxygens (including phenoxy) is 1. The third kappa shape index (κ3) is 3.26. The largest absolute Gasteiger partial charge is 0.480 e.